The minimum atomic E-state index is 0.992. The molecule has 1 aliphatic rings. The molecule has 0 spiro atoms. The van der Waals surface area contributed by atoms with Gasteiger partial charge in [0.1, 0.15) is 0 Å². The molecule has 3 heterocycles. The topological polar surface area (TPSA) is 37.2 Å². The zero-order valence-corrected chi connectivity index (χ0v) is 17.1. The van der Waals surface area contributed by atoms with E-state index >= 15 is 0 Å². The van der Waals surface area contributed by atoms with Crippen LogP contribution in [0.5, 0.6) is 0 Å². The number of nitrogens with zero attached hydrogens (tertiary/aromatic N) is 5. The van der Waals surface area contributed by atoms with Crippen LogP contribution in [-0.4, -0.2) is 40.7 Å². The predicted molar refractivity (Wildman–Crippen MR) is 122 cm³/mol. The Morgan fingerprint density at radius 1 is 0.700 bits per heavy atom. The fraction of sp³-hybridized carbons (Fsp3) is 0.200. The molecule has 0 saturated carbocycles. The number of imidazole rings is 1. The summed E-state index contributed by atoms with van der Waals surface area (Å²) in [5.74, 6) is 0. The summed E-state index contributed by atoms with van der Waals surface area (Å²) in [4.78, 5) is 13.8. The van der Waals surface area contributed by atoms with Gasteiger partial charge in [-0.05, 0) is 49.4 Å². The number of benzene rings is 2. The Hall–Kier alpha value is -3.60. The third-order valence-corrected chi connectivity index (χ3v) is 5.69. The summed E-state index contributed by atoms with van der Waals surface area (Å²) in [5.41, 5.74) is 6.94. The van der Waals surface area contributed by atoms with Crippen LogP contribution < -0.4 is 9.80 Å². The van der Waals surface area contributed by atoms with Gasteiger partial charge in [0.2, 0.25) is 0 Å². The maximum absolute atomic E-state index is 4.56. The van der Waals surface area contributed by atoms with Crippen LogP contribution in [-0.2, 0) is 0 Å². The van der Waals surface area contributed by atoms with E-state index in [0.717, 1.165) is 43.3 Å². The number of hydrogen-bond donors (Lipinski definition) is 0. The fourth-order valence-electron chi connectivity index (χ4n) is 4.09. The Balaban J connectivity index is 1.29. The van der Waals surface area contributed by atoms with Crippen molar-refractivity contribution in [2.24, 2.45) is 0 Å². The molecule has 0 unspecified atom stereocenters. The number of para-hydroxylation sites is 1. The van der Waals surface area contributed by atoms with Crippen molar-refractivity contribution in [3.05, 3.63) is 91.1 Å². The normalized spacial score (nSPS) is 14.2. The lowest BCUT2D eigenvalue weighted by Gasteiger charge is -2.38. The molecule has 1 saturated heterocycles. The van der Waals surface area contributed by atoms with E-state index in [1.807, 2.05) is 37.8 Å². The third-order valence-electron chi connectivity index (χ3n) is 5.69. The molecule has 4 aromatic rings. The van der Waals surface area contributed by atoms with Gasteiger partial charge in [0.25, 0.3) is 0 Å². The molecule has 0 atom stereocenters. The van der Waals surface area contributed by atoms with Crippen LogP contribution >= 0.6 is 0 Å². The maximum atomic E-state index is 4.56. The van der Waals surface area contributed by atoms with Gasteiger partial charge in [-0.1, -0.05) is 24.3 Å². The van der Waals surface area contributed by atoms with Gasteiger partial charge in [-0.3, -0.25) is 4.98 Å². The summed E-state index contributed by atoms with van der Waals surface area (Å²) in [6, 6.07) is 23.4. The van der Waals surface area contributed by atoms with Crippen molar-refractivity contribution >= 4 is 11.4 Å². The van der Waals surface area contributed by atoms with Gasteiger partial charge in [-0.15, -0.1) is 0 Å². The molecule has 5 rings (SSSR count). The van der Waals surface area contributed by atoms with E-state index in [1.165, 1.54) is 16.9 Å². The van der Waals surface area contributed by atoms with E-state index in [-0.39, 0.29) is 0 Å². The largest absolute Gasteiger partial charge is 0.368 e. The van der Waals surface area contributed by atoms with Gasteiger partial charge < -0.3 is 14.4 Å². The molecule has 0 N–H and O–H groups in total. The summed E-state index contributed by atoms with van der Waals surface area (Å²) >= 11 is 0. The fourth-order valence-corrected chi connectivity index (χ4v) is 4.09. The highest BCUT2D eigenvalue weighted by atomic mass is 15.3. The second kappa shape index (κ2) is 8.03. The zero-order valence-electron chi connectivity index (χ0n) is 17.1. The lowest BCUT2D eigenvalue weighted by Crippen LogP contribution is -2.46. The first-order chi connectivity index (χ1) is 14.8. The molecule has 0 radical (unpaired) electrons. The average Bonchev–Trinajstić information content (AvgIpc) is 3.26. The van der Waals surface area contributed by atoms with Crippen molar-refractivity contribution in [2.45, 2.75) is 6.92 Å². The minimum Gasteiger partial charge on any atom is -0.368 e. The second-order valence-corrected chi connectivity index (χ2v) is 7.64. The van der Waals surface area contributed by atoms with Crippen molar-refractivity contribution in [1.29, 1.82) is 0 Å². The van der Waals surface area contributed by atoms with E-state index in [0.29, 0.717) is 0 Å². The summed E-state index contributed by atoms with van der Waals surface area (Å²) in [6.07, 6.45) is 5.77. The Morgan fingerprint density at radius 3 is 2.10 bits per heavy atom. The monoisotopic (exact) mass is 395 g/mol. The molecule has 1 fully saturated rings. The second-order valence-electron chi connectivity index (χ2n) is 7.64. The quantitative estimate of drug-likeness (QED) is 0.507. The van der Waals surface area contributed by atoms with E-state index in [4.69, 9.17) is 0 Å². The standard InChI is InChI=1S/C25H25N5/c1-20-18-30(19-27-20)22-11-9-21(10-12-22)28-14-16-29(17-15-28)25-8-3-2-6-23(25)24-7-4-5-13-26-24/h2-13,18-19H,14-17H2,1H3. The van der Waals surface area contributed by atoms with E-state index in [9.17, 15) is 0 Å². The van der Waals surface area contributed by atoms with Gasteiger partial charge in [-0.2, -0.15) is 0 Å². The number of piperazine rings is 1. The van der Waals surface area contributed by atoms with Gasteiger partial charge in [0.15, 0.2) is 0 Å². The SMILES string of the molecule is Cc1cn(-c2ccc(N3CCN(c4ccccc4-c4ccccn4)CC3)cc2)cn1. The molecule has 150 valence electrons. The predicted octanol–water partition coefficient (Wildman–Crippen LogP) is 4.57. The third kappa shape index (κ3) is 3.66. The van der Waals surface area contributed by atoms with Crippen molar-refractivity contribution < 1.29 is 0 Å². The Bertz CT molecular complexity index is 1110. The number of rotatable bonds is 4. The van der Waals surface area contributed by atoms with Crippen molar-refractivity contribution in [2.75, 3.05) is 36.0 Å². The van der Waals surface area contributed by atoms with Crippen LogP contribution in [0, 0.1) is 6.92 Å². The van der Waals surface area contributed by atoms with Crippen LogP contribution in [0.15, 0.2) is 85.5 Å². The highest BCUT2D eigenvalue weighted by Gasteiger charge is 2.20. The van der Waals surface area contributed by atoms with E-state index in [1.54, 1.807) is 0 Å². The first-order valence-electron chi connectivity index (χ1n) is 10.4. The summed E-state index contributed by atoms with van der Waals surface area (Å²) in [7, 11) is 0. The first kappa shape index (κ1) is 18.4. The molecular weight excluding hydrogens is 370 g/mol. The Kier molecular flexibility index (Phi) is 4.93. The molecule has 30 heavy (non-hydrogen) atoms. The van der Waals surface area contributed by atoms with Crippen LogP contribution in [0.4, 0.5) is 11.4 Å². The zero-order chi connectivity index (χ0) is 20.3. The molecule has 1 aliphatic heterocycles. The highest BCUT2D eigenvalue weighted by molar-refractivity contribution is 5.76. The van der Waals surface area contributed by atoms with Gasteiger partial charge in [-0.25, -0.2) is 4.98 Å². The van der Waals surface area contributed by atoms with Crippen LogP contribution in [0.3, 0.4) is 0 Å². The molecule has 5 nitrogen and oxygen atoms in total. The lowest BCUT2D eigenvalue weighted by atomic mass is 10.1. The molecular formula is C25H25N5. The number of aromatic nitrogens is 3. The number of pyridine rings is 1. The molecule has 5 heteroatoms. The number of hydrogen-bond acceptors (Lipinski definition) is 4. The Labute approximate surface area is 177 Å². The van der Waals surface area contributed by atoms with E-state index in [2.05, 4.69) is 78.9 Å². The van der Waals surface area contributed by atoms with Crippen LogP contribution in [0.1, 0.15) is 5.69 Å². The van der Waals surface area contributed by atoms with Gasteiger partial charge in [0, 0.05) is 61.2 Å². The molecule has 2 aromatic heterocycles. The lowest BCUT2D eigenvalue weighted by molar-refractivity contribution is 0.654. The first-order valence-corrected chi connectivity index (χ1v) is 10.4. The minimum absolute atomic E-state index is 0.992. The number of anilines is 2. The molecule has 0 bridgehead atoms. The summed E-state index contributed by atoms with van der Waals surface area (Å²) in [6.45, 7) is 6.00. The summed E-state index contributed by atoms with van der Waals surface area (Å²) in [5, 5.41) is 0. The van der Waals surface area contributed by atoms with Crippen molar-refractivity contribution in [3.63, 3.8) is 0 Å². The van der Waals surface area contributed by atoms with Gasteiger partial charge >= 0.3 is 0 Å². The summed E-state index contributed by atoms with van der Waals surface area (Å²) < 4.78 is 2.06. The Morgan fingerprint density at radius 2 is 1.40 bits per heavy atom. The van der Waals surface area contributed by atoms with Crippen molar-refractivity contribution in [1.82, 2.24) is 14.5 Å². The molecule has 0 amide bonds. The van der Waals surface area contributed by atoms with Crippen LogP contribution in [0.25, 0.3) is 16.9 Å². The highest BCUT2D eigenvalue weighted by Crippen LogP contribution is 2.30. The molecule has 2 aromatic carbocycles. The van der Waals surface area contributed by atoms with Crippen molar-refractivity contribution in [3.8, 4) is 16.9 Å². The van der Waals surface area contributed by atoms with Gasteiger partial charge in [0.05, 0.1) is 17.7 Å². The number of aryl methyl sites for hydroxylation is 1. The smallest absolute Gasteiger partial charge is 0.0995 e. The molecule has 0 aliphatic carbocycles. The van der Waals surface area contributed by atoms with E-state index < -0.39 is 0 Å². The maximum Gasteiger partial charge on any atom is 0.0995 e. The average molecular weight is 396 g/mol. The van der Waals surface area contributed by atoms with Crippen LogP contribution in [0.2, 0.25) is 0 Å².